The molecule has 1 aromatic rings. The third kappa shape index (κ3) is 2.97. The summed E-state index contributed by atoms with van der Waals surface area (Å²) in [6.07, 6.45) is -0.116. The number of ether oxygens (including phenoxy) is 2. The van der Waals surface area contributed by atoms with Crippen LogP contribution in [0, 0.1) is 6.92 Å². The van der Waals surface area contributed by atoms with Crippen molar-refractivity contribution in [3.8, 4) is 0 Å². The minimum atomic E-state index is -0.412. The Kier molecular flexibility index (Phi) is 4.31. The van der Waals surface area contributed by atoms with Crippen LogP contribution in [-0.2, 0) is 9.47 Å². The van der Waals surface area contributed by atoms with Gasteiger partial charge in [-0.2, -0.15) is 0 Å². The number of nitrogens with two attached hydrogens (primary N) is 1. The Morgan fingerprint density at radius 1 is 1.50 bits per heavy atom. The van der Waals surface area contributed by atoms with Crippen molar-refractivity contribution in [2.45, 2.75) is 20.0 Å². The number of esters is 1. The lowest BCUT2D eigenvalue weighted by atomic mass is 10.1. The van der Waals surface area contributed by atoms with E-state index in [0.717, 1.165) is 5.56 Å². The molecule has 0 radical (unpaired) electrons. The van der Waals surface area contributed by atoms with E-state index < -0.39 is 5.97 Å². The van der Waals surface area contributed by atoms with E-state index in [2.05, 4.69) is 0 Å². The molecule has 0 aliphatic carbocycles. The molecule has 0 saturated heterocycles. The Hall–Kier alpha value is -1.55. The Labute approximate surface area is 95.3 Å². The fourth-order valence-corrected chi connectivity index (χ4v) is 1.20. The first-order chi connectivity index (χ1) is 7.56. The van der Waals surface area contributed by atoms with Gasteiger partial charge in [0.05, 0.1) is 11.7 Å². The Morgan fingerprint density at radius 3 is 2.81 bits per heavy atom. The molecule has 88 valence electrons. The topological polar surface area (TPSA) is 61.5 Å². The predicted molar refractivity (Wildman–Crippen MR) is 62.3 cm³/mol. The number of carbonyl (C=O) groups excluding carboxylic acids is 1. The molecule has 1 atom stereocenters. The number of nitrogen functional groups attached to an aromatic ring is 1. The highest BCUT2D eigenvalue weighted by atomic mass is 16.6. The Bertz CT molecular complexity index is 377. The van der Waals surface area contributed by atoms with Crippen LogP contribution in [0.4, 0.5) is 5.69 Å². The van der Waals surface area contributed by atoms with E-state index in [1.54, 1.807) is 19.2 Å². The van der Waals surface area contributed by atoms with Crippen LogP contribution in [0.3, 0.4) is 0 Å². The maximum Gasteiger partial charge on any atom is 0.340 e. The highest BCUT2D eigenvalue weighted by Gasteiger charge is 2.13. The lowest BCUT2D eigenvalue weighted by Gasteiger charge is -2.11. The lowest BCUT2D eigenvalue weighted by molar-refractivity contribution is 0.0170. The van der Waals surface area contributed by atoms with Crippen molar-refractivity contribution < 1.29 is 14.3 Å². The molecule has 0 bridgehead atoms. The summed E-state index contributed by atoms with van der Waals surface area (Å²) in [5, 5.41) is 0. The average Bonchev–Trinajstić information content (AvgIpc) is 2.29. The van der Waals surface area contributed by atoms with Crippen molar-refractivity contribution in [1.82, 2.24) is 0 Å². The van der Waals surface area contributed by atoms with Gasteiger partial charge >= 0.3 is 5.97 Å². The summed E-state index contributed by atoms with van der Waals surface area (Å²) in [6.45, 7) is 3.90. The molecule has 2 N–H and O–H groups in total. The molecule has 0 amide bonds. The van der Waals surface area contributed by atoms with Gasteiger partial charge in [0, 0.05) is 12.8 Å². The summed E-state index contributed by atoms with van der Waals surface area (Å²) >= 11 is 0. The van der Waals surface area contributed by atoms with E-state index in [1.807, 2.05) is 19.9 Å². The fraction of sp³-hybridized carbons (Fsp3) is 0.417. The van der Waals surface area contributed by atoms with Gasteiger partial charge in [-0.15, -0.1) is 0 Å². The smallest absolute Gasteiger partial charge is 0.340 e. The largest absolute Gasteiger partial charge is 0.459 e. The minimum absolute atomic E-state index is 0.116. The molecule has 4 heteroatoms. The summed E-state index contributed by atoms with van der Waals surface area (Å²) in [7, 11) is 1.57. The second-order valence-electron chi connectivity index (χ2n) is 3.68. The van der Waals surface area contributed by atoms with Crippen LogP contribution in [0.1, 0.15) is 22.8 Å². The van der Waals surface area contributed by atoms with Crippen molar-refractivity contribution >= 4 is 11.7 Å². The molecule has 1 aromatic carbocycles. The molecule has 1 unspecified atom stereocenters. The van der Waals surface area contributed by atoms with Gasteiger partial charge in [0.25, 0.3) is 0 Å². The van der Waals surface area contributed by atoms with Crippen molar-refractivity contribution in [2.24, 2.45) is 0 Å². The van der Waals surface area contributed by atoms with E-state index in [-0.39, 0.29) is 12.7 Å². The van der Waals surface area contributed by atoms with Crippen LogP contribution in [-0.4, -0.2) is 25.8 Å². The number of aryl methyl sites for hydroxylation is 1. The second kappa shape index (κ2) is 5.51. The quantitative estimate of drug-likeness (QED) is 0.624. The van der Waals surface area contributed by atoms with E-state index in [4.69, 9.17) is 15.2 Å². The van der Waals surface area contributed by atoms with Crippen LogP contribution in [0.15, 0.2) is 18.2 Å². The Balaban J connectivity index is 2.70. The molecule has 1 rings (SSSR count). The van der Waals surface area contributed by atoms with Crippen LogP contribution in [0.25, 0.3) is 0 Å². The highest BCUT2D eigenvalue weighted by molar-refractivity contribution is 5.95. The van der Waals surface area contributed by atoms with Gasteiger partial charge in [0.1, 0.15) is 6.61 Å². The van der Waals surface area contributed by atoms with Crippen LogP contribution >= 0.6 is 0 Å². The maximum absolute atomic E-state index is 11.7. The van der Waals surface area contributed by atoms with Gasteiger partial charge < -0.3 is 15.2 Å². The van der Waals surface area contributed by atoms with Gasteiger partial charge in [0.15, 0.2) is 0 Å². The molecular formula is C12H17NO3. The Morgan fingerprint density at radius 2 is 2.19 bits per heavy atom. The number of hydrogen-bond donors (Lipinski definition) is 1. The number of methoxy groups -OCH3 is 1. The van der Waals surface area contributed by atoms with Crippen LogP contribution in [0.5, 0.6) is 0 Å². The average molecular weight is 223 g/mol. The molecule has 0 aliphatic heterocycles. The van der Waals surface area contributed by atoms with Crippen molar-refractivity contribution in [3.05, 3.63) is 29.3 Å². The normalized spacial score (nSPS) is 12.2. The van der Waals surface area contributed by atoms with E-state index >= 15 is 0 Å². The third-order valence-electron chi connectivity index (χ3n) is 2.40. The number of para-hydroxylation sites is 1. The van der Waals surface area contributed by atoms with Gasteiger partial charge in [-0.05, 0) is 25.5 Å². The molecule has 0 saturated carbocycles. The summed E-state index contributed by atoms with van der Waals surface area (Å²) in [5.41, 5.74) is 7.54. The minimum Gasteiger partial charge on any atom is -0.459 e. The molecule has 0 spiro atoms. The summed E-state index contributed by atoms with van der Waals surface area (Å²) in [5.74, 6) is -0.412. The third-order valence-corrected chi connectivity index (χ3v) is 2.40. The van der Waals surface area contributed by atoms with Gasteiger partial charge in [-0.25, -0.2) is 4.79 Å². The van der Waals surface area contributed by atoms with Gasteiger partial charge in [0.2, 0.25) is 0 Å². The van der Waals surface area contributed by atoms with Crippen LogP contribution < -0.4 is 5.73 Å². The van der Waals surface area contributed by atoms with Gasteiger partial charge in [-0.3, -0.25) is 0 Å². The van der Waals surface area contributed by atoms with Crippen molar-refractivity contribution in [1.29, 1.82) is 0 Å². The standard InChI is InChI=1S/C12H17NO3/c1-8-5-4-6-10(11(8)13)12(14)16-7-9(2)15-3/h4-6,9H,7,13H2,1-3H3. The van der Waals surface area contributed by atoms with Crippen LogP contribution in [0.2, 0.25) is 0 Å². The monoisotopic (exact) mass is 223 g/mol. The summed E-state index contributed by atoms with van der Waals surface area (Å²) < 4.78 is 10.1. The fourth-order valence-electron chi connectivity index (χ4n) is 1.20. The molecule has 16 heavy (non-hydrogen) atoms. The molecule has 0 aliphatic rings. The SMILES string of the molecule is COC(C)COC(=O)c1cccc(C)c1N. The summed E-state index contributed by atoms with van der Waals surface area (Å²) in [4.78, 5) is 11.7. The molecule has 0 aromatic heterocycles. The first-order valence-electron chi connectivity index (χ1n) is 5.11. The highest BCUT2D eigenvalue weighted by Crippen LogP contribution is 2.17. The lowest BCUT2D eigenvalue weighted by Crippen LogP contribution is -2.18. The van der Waals surface area contributed by atoms with E-state index in [1.165, 1.54) is 0 Å². The van der Waals surface area contributed by atoms with Crippen molar-refractivity contribution in [2.75, 3.05) is 19.5 Å². The van der Waals surface area contributed by atoms with Crippen molar-refractivity contribution in [3.63, 3.8) is 0 Å². The summed E-state index contributed by atoms with van der Waals surface area (Å²) in [6, 6.07) is 5.29. The first kappa shape index (κ1) is 12.5. The van der Waals surface area contributed by atoms with E-state index in [0.29, 0.717) is 11.3 Å². The van der Waals surface area contributed by atoms with E-state index in [9.17, 15) is 4.79 Å². The molecular weight excluding hydrogens is 206 g/mol. The molecule has 0 fully saturated rings. The number of anilines is 1. The number of benzene rings is 1. The zero-order valence-electron chi connectivity index (χ0n) is 9.82. The first-order valence-corrected chi connectivity index (χ1v) is 5.11. The molecule has 0 heterocycles. The second-order valence-corrected chi connectivity index (χ2v) is 3.68. The molecule has 4 nitrogen and oxygen atoms in total. The number of carbonyl (C=O) groups is 1. The number of hydrogen-bond acceptors (Lipinski definition) is 4. The maximum atomic E-state index is 11.7. The predicted octanol–water partition coefficient (Wildman–Crippen LogP) is 1.77. The zero-order valence-corrected chi connectivity index (χ0v) is 9.82. The number of rotatable bonds is 4. The van der Waals surface area contributed by atoms with Gasteiger partial charge in [-0.1, -0.05) is 12.1 Å². The zero-order chi connectivity index (χ0) is 12.1.